The quantitative estimate of drug-likeness (QED) is 0.657. The molecule has 6 nitrogen and oxygen atoms in total. The molecule has 1 N–H and O–H groups in total. The molecule has 0 unspecified atom stereocenters. The second-order valence-corrected chi connectivity index (χ2v) is 7.96. The minimum Gasteiger partial charge on any atom is -0.496 e. The summed E-state index contributed by atoms with van der Waals surface area (Å²) in [5.41, 5.74) is 4.02. The minimum absolute atomic E-state index is 0.0377. The lowest BCUT2D eigenvalue weighted by Gasteiger charge is -2.35. The highest BCUT2D eigenvalue weighted by Crippen LogP contribution is 2.46. The number of rotatable bonds is 5. The van der Waals surface area contributed by atoms with Crippen LogP contribution >= 0.6 is 0 Å². The zero-order valence-electron chi connectivity index (χ0n) is 17.6. The van der Waals surface area contributed by atoms with Crippen molar-refractivity contribution in [1.82, 2.24) is 4.57 Å². The lowest BCUT2D eigenvalue weighted by atomic mass is 9.82. The Morgan fingerprint density at radius 1 is 1.33 bits per heavy atom. The van der Waals surface area contributed by atoms with E-state index in [0.717, 1.165) is 46.5 Å². The Balaban J connectivity index is 2.08. The standard InChI is InChI=1S/C24H25NO5/c1-5-14-15-10-19(13(2)3)25-12-18(24(27)28)21(26)11-20(25)16(15)9-17(23(14)29-4)22-7-6-8-30-22/h6-9,11-13,19H,5,10H2,1-4H3,(H,27,28)/t19-/m0/s1. The Morgan fingerprint density at radius 3 is 2.67 bits per heavy atom. The van der Waals surface area contributed by atoms with Gasteiger partial charge in [0.1, 0.15) is 17.1 Å². The zero-order valence-corrected chi connectivity index (χ0v) is 17.6. The van der Waals surface area contributed by atoms with E-state index >= 15 is 0 Å². The average Bonchev–Trinajstić information content (AvgIpc) is 3.25. The van der Waals surface area contributed by atoms with Crippen molar-refractivity contribution in [3.8, 4) is 28.3 Å². The summed E-state index contributed by atoms with van der Waals surface area (Å²) in [7, 11) is 1.66. The van der Waals surface area contributed by atoms with Gasteiger partial charge >= 0.3 is 5.97 Å². The summed E-state index contributed by atoms with van der Waals surface area (Å²) < 4.78 is 13.4. The monoisotopic (exact) mass is 407 g/mol. The van der Waals surface area contributed by atoms with Gasteiger partial charge < -0.3 is 18.8 Å². The molecule has 0 radical (unpaired) electrons. The lowest BCUT2D eigenvalue weighted by Crippen LogP contribution is -2.29. The number of aromatic carboxylic acids is 1. The first-order valence-electron chi connectivity index (χ1n) is 10.1. The number of hydrogen-bond donors (Lipinski definition) is 1. The first kappa shape index (κ1) is 20.0. The Hall–Kier alpha value is -3.28. The van der Waals surface area contributed by atoms with Crippen LogP contribution in [0.15, 0.2) is 45.9 Å². The summed E-state index contributed by atoms with van der Waals surface area (Å²) in [6.07, 6.45) is 4.62. The molecule has 0 bridgehead atoms. The molecule has 0 spiro atoms. The topological polar surface area (TPSA) is 81.7 Å². The molecular formula is C24H25NO5. The molecule has 1 aromatic carbocycles. The van der Waals surface area contributed by atoms with E-state index in [2.05, 4.69) is 20.8 Å². The summed E-state index contributed by atoms with van der Waals surface area (Å²) in [5, 5.41) is 9.46. The molecular weight excluding hydrogens is 382 g/mol. The van der Waals surface area contributed by atoms with Crippen LogP contribution in [0.3, 0.4) is 0 Å². The van der Waals surface area contributed by atoms with E-state index in [4.69, 9.17) is 9.15 Å². The van der Waals surface area contributed by atoms with E-state index in [9.17, 15) is 14.7 Å². The van der Waals surface area contributed by atoms with Gasteiger partial charge in [0.15, 0.2) is 5.43 Å². The van der Waals surface area contributed by atoms with Crippen LogP contribution in [0.4, 0.5) is 0 Å². The van der Waals surface area contributed by atoms with Crippen LogP contribution in [-0.4, -0.2) is 22.8 Å². The van der Waals surface area contributed by atoms with Gasteiger partial charge in [0.2, 0.25) is 0 Å². The van der Waals surface area contributed by atoms with Gasteiger partial charge in [-0.15, -0.1) is 0 Å². The van der Waals surface area contributed by atoms with E-state index in [1.807, 2.05) is 22.8 Å². The van der Waals surface area contributed by atoms with Crippen LogP contribution in [0.2, 0.25) is 0 Å². The molecule has 0 amide bonds. The van der Waals surface area contributed by atoms with E-state index in [1.165, 1.54) is 12.3 Å². The number of pyridine rings is 1. The number of hydrogen-bond acceptors (Lipinski definition) is 4. The maximum Gasteiger partial charge on any atom is 0.341 e. The number of fused-ring (bicyclic) bond motifs is 3. The molecule has 4 rings (SSSR count). The van der Waals surface area contributed by atoms with Gasteiger partial charge in [0.05, 0.1) is 24.6 Å². The molecule has 1 aliphatic rings. The molecule has 0 saturated carbocycles. The van der Waals surface area contributed by atoms with E-state index in [-0.39, 0.29) is 17.5 Å². The molecule has 1 atom stereocenters. The number of carboxylic acid groups (broad SMARTS) is 1. The third-order valence-electron chi connectivity index (χ3n) is 5.97. The van der Waals surface area contributed by atoms with Crippen molar-refractivity contribution in [3.05, 3.63) is 63.6 Å². The predicted molar refractivity (Wildman–Crippen MR) is 114 cm³/mol. The molecule has 1 aliphatic heterocycles. The van der Waals surface area contributed by atoms with Crippen LogP contribution in [0.5, 0.6) is 5.75 Å². The van der Waals surface area contributed by atoms with Crippen LogP contribution < -0.4 is 10.2 Å². The predicted octanol–water partition coefficient (Wildman–Crippen LogP) is 4.80. The van der Waals surface area contributed by atoms with E-state index in [0.29, 0.717) is 5.76 Å². The fourth-order valence-electron chi connectivity index (χ4n) is 4.51. The third kappa shape index (κ3) is 3.03. The average molecular weight is 407 g/mol. The summed E-state index contributed by atoms with van der Waals surface area (Å²) in [6.45, 7) is 6.31. The number of carbonyl (C=O) groups is 1. The van der Waals surface area contributed by atoms with Crippen molar-refractivity contribution < 1.29 is 19.1 Å². The van der Waals surface area contributed by atoms with E-state index < -0.39 is 11.4 Å². The molecule has 3 heterocycles. The van der Waals surface area contributed by atoms with Crippen molar-refractivity contribution >= 4 is 5.97 Å². The first-order chi connectivity index (χ1) is 14.4. The molecule has 156 valence electrons. The smallest absolute Gasteiger partial charge is 0.341 e. The molecule has 0 saturated heterocycles. The fraction of sp³-hybridized carbons (Fsp3) is 0.333. The number of aromatic nitrogens is 1. The van der Waals surface area contributed by atoms with Crippen LogP contribution in [0, 0.1) is 5.92 Å². The Morgan fingerprint density at radius 2 is 2.10 bits per heavy atom. The maximum absolute atomic E-state index is 12.6. The molecule has 0 aliphatic carbocycles. The van der Waals surface area contributed by atoms with Crippen molar-refractivity contribution in [2.45, 2.75) is 39.7 Å². The van der Waals surface area contributed by atoms with Crippen molar-refractivity contribution in [3.63, 3.8) is 0 Å². The minimum atomic E-state index is -1.20. The first-order valence-corrected chi connectivity index (χ1v) is 10.1. The van der Waals surface area contributed by atoms with Crippen LogP contribution in [0.1, 0.15) is 48.3 Å². The SMILES string of the molecule is CCc1c2c(cc(-c3ccco3)c1OC)-c1cc(=O)c(C(=O)O)cn1[C@H](C(C)C)C2. The highest BCUT2D eigenvalue weighted by molar-refractivity contribution is 5.88. The number of nitrogens with zero attached hydrogens (tertiary/aromatic N) is 1. The van der Waals surface area contributed by atoms with Gasteiger partial charge in [-0.05, 0) is 48.1 Å². The summed E-state index contributed by atoms with van der Waals surface area (Å²) in [4.78, 5) is 24.2. The van der Waals surface area contributed by atoms with Gasteiger partial charge in [-0.25, -0.2) is 4.79 Å². The van der Waals surface area contributed by atoms with Gasteiger partial charge in [0, 0.05) is 23.9 Å². The van der Waals surface area contributed by atoms with Crippen molar-refractivity contribution in [2.75, 3.05) is 7.11 Å². The van der Waals surface area contributed by atoms with Gasteiger partial charge in [-0.1, -0.05) is 20.8 Å². The van der Waals surface area contributed by atoms with Crippen molar-refractivity contribution in [2.24, 2.45) is 5.92 Å². The largest absolute Gasteiger partial charge is 0.496 e. The van der Waals surface area contributed by atoms with Crippen LogP contribution in [-0.2, 0) is 12.8 Å². The Bertz CT molecular complexity index is 1170. The van der Waals surface area contributed by atoms with Crippen molar-refractivity contribution in [1.29, 1.82) is 0 Å². The molecule has 6 heteroatoms. The lowest BCUT2D eigenvalue weighted by molar-refractivity contribution is 0.0694. The van der Waals surface area contributed by atoms with E-state index in [1.54, 1.807) is 13.4 Å². The molecule has 2 aromatic heterocycles. The molecule has 30 heavy (non-hydrogen) atoms. The number of methoxy groups -OCH3 is 1. The number of carboxylic acids is 1. The fourth-order valence-corrected chi connectivity index (χ4v) is 4.51. The highest BCUT2D eigenvalue weighted by Gasteiger charge is 2.31. The third-order valence-corrected chi connectivity index (χ3v) is 5.97. The van der Waals surface area contributed by atoms with Crippen LogP contribution in [0.25, 0.3) is 22.6 Å². The normalized spacial score (nSPS) is 15.0. The molecule has 0 fully saturated rings. The van der Waals surface area contributed by atoms with Gasteiger partial charge in [0.25, 0.3) is 0 Å². The Labute approximate surface area is 174 Å². The highest BCUT2D eigenvalue weighted by atomic mass is 16.5. The number of benzene rings is 1. The number of furan rings is 1. The molecule has 3 aromatic rings. The summed E-state index contributed by atoms with van der Waals surface area (Å²) >= 11 is 0. The second kappa shape index (κ2) is 7.52. The van der Waals surface area contributed by atoms with Gasteiger partial charge in [-0.2, -0.15) is 0 Å². The summed E-state index contributed by atoms with van der Waals surface area (Å²) in [6, 6.07) is 7.19. The number of ether oxygens (including phenoxy) is 1. The summed E-state index contributed by atoms with van der Waals surface area (Å²) in [5.74, 6) is 0.517. The second-order valence-electron chi connectivity index (χ2n) is 7.96. The van der Waals surface area contributed by atoms with Gasteiger partial charge in [-0.3, -0.25) is 4.79 Å². The zero-order chi connectivity index (χ0) is 21.6. The maximum atomic E-state index is 12.6. The Kier molecular flexibility index (Phi) is 5.02.